The maximum atomic E-state index is 13.3. The molecule has 1 atom stereocenters. The molecule has 1 aliphatic heterocycles. The van der Waals surface area contributed by atoms with E-state index in [0.717, 1.165) is 12.3 Å². The van der Waals surface area contributed by atoms with Crippen molar-refractivity contribution in [3.63, 3.8) is 0 Å². The van der Waals surface area contributed by atoms with E-state index in [2.05, 4.69) is 9.97 Å². The Labute approximate surface area is 188 Å². The molecule has 1 saturated heterocycles. The molecule has 9 heteroatoms. The van der Waals surface area contributed by atoms with Crippen LogP contribution in [0, 0.1) is 0 Å². The average Bonchev–Trinajstić information content (AvgIpc) is 2.83. The monoisotopic (exact) mass is 455 g/mol. The maximum absolute atomic E-state index is 13.3. The molecule has 3 aromatic rings. The number of benzene rings is 2. The highest BCUT2D eigenvalue weighted by Crippen LogP contribution is 2.28. The first-order chi connectivity index (χ1) is 15.8. The molecule has 1 aliphatic rings. The largest absolute Gasteiger partial charge is 0.458 e. The molecule has 170 valence electrons. The van der Waals surface area contributed by atoms with Crippen molar-refractivity contribution in [1.29, 1.82) is 0 Å². The second kappa shape index (κ2) is 9.40. The van der Waals surface area contributed by atoms with Gasteiger partial charge in [0.15, 0.2) is 11.5 Å². The minimum absolute atomic E-state index is 0.145. The number of likely N-dealkylation sites (tertiary alicyclic amines) is 1. The quantitative estimate of drug-likeness (QED) is 0.533. The van der Waals surface area contributed by atoms with Crippen molar-refractivity contribution in [2.24, 2.45) is 0 Å². The molecule has 0 saturated carbocycles. The summed E-state index contributed by atoms with van der Waals surface area (Å²) in [7, 11) is 0. The van der Waals surface area contributed by atoms with Crippen molar-refractivity contribution >= 4 is 11.7 Å². The first-order valence-corrected chi connectivity index (χ1v) is 10.4. The number of ether oxygens (including phenoxy) is 1. The summed E-state index contributed by atoms with van der Waals surface area (Å²) in [4.78, 5) is 35.0. The highest BCUT2D eigenvalue weighted by Gasteiger charge is 2.34. The number of amides is 1. The van der Waals surface area contributed by atoms with E-state index in [1.807, 2.05) is 0 Å². The van der Waals surface area contributed by atoms with Gasteiger partial charge in [0.2, 0.25) is 0 Å². The summed E-state index contributed by atoms with van der Waals surface area (Å²) in [6.45, 7) is 0.586. The number of ketones is 1. The number of aromatic nitrogens is 2. The molecule has 4 rings (SSSR count). The van der Waals surface area contributed by atoms with E-state index >= 15 is 0 Å². The van der Waals surface area contributed by atoms with Crippen LogP contribution in [0.4, 0.5) is 13.2 Å². The van der Waals surface area contributed by atoms with Gasteiger partial charge in [-0.1, -0.05) is 48.5 Å². The minimum Gasteiger partial charge on any atom is -0.458 e. The molecule has 2 heterocycles. The van der Waals surface area contributed by atoms with Crippen LogP contribution in [0.1, 0.15) is 44.8 Å². The number of rotatable bonds is 5. The van der Waals surface area contributed by atoms with Gasteiger partial charge in [0.1, 0.15) is 6.10 Å². The number of alkyl halides is 3. The van der Waals surface area contributed by atoms with Gasteiger partial charge in [-0.2, -0.15) is 18.2 Å². The highest BCUT2D eigenvalue weighted by atomic mass is 19.4. The lowest BCUT2D eigenvalue weighted by Crippen LogP contribution is -2.45. The smallest absolute Gasteiger partial charge is 0.433 e. The lowest BCUT2D eigenvalue weighted by atomic mass is 9.97. The SMILES string of the molecule is O=C(c1ccccc1)c1ccccc1C(=O)N1CCCC(Oc2nccc(C(F)(F)F)n2)C1. The number of hydrogen-bond donors (Lipinski definition) is 0. The molecular weight excluding hydrogens is 435 g/mol. The predicted octanol–water partition coefficient (Wildman–Crippen LogP) is 4.41. The first kappa shape index (κ1) is 22.4. The zero-order valence-electron chi connectivity index (χ0n) is 17.5. The number of carbonyl (C=O) groups excluding carboxylic acids is 2. The third-order valence-corrected chi connectivity index (χ3v) is 5.30. The summed E-state index contributed by atoms with van der Waals surface area (Å²) in [5.74, 6) is -0.602. The lowest BCUT2D eigenvalue weighted by Gasteiger charge is -2.32. The topological polar surface area (TPSA) is 72.4 Å². The van der Waals surface area contributed by atoms with Gasteiger partial charge in [-0.3, -0.25) is 9.59 Å². The summed E-state index contributed by atoms with van der Waals surface area (Å²) < 4.78 is 44.3. The Morgan fingerprint density at radius 1 is 0.970 bits per heavy atom. The number of nitrogens with zero attached hydrogens (tertiary/aromatic N) is 3. The zero-order valence-corrected chi connectivity index (χ0v) is 17.5. The number of halogens is 3. The third kappa shape index (κ3) is 5.19. The molecule has 0 spiro atoms. The molecule has 2 aromatic carbocycles. The Bertz CT molecular complexity index is 1150. The fourth-order valence-electron chi connectivity index (χ4n) is 3.71. The Morgan fingerprint density at radius 3 is 2.39 bits per heavy atom. The molecule has 0 bridgehead atoms. The van der Waals surface area contributed by atoms with Gasteiger partial charge < -0.3 is 9.64 Å². The summed E-state index contributed by atoms with van der Waals surface area (Å²) in [5, 5.41) is 0. The van der Waals surface area contributed by atoms with Crippen LogP contribution in [-0.2, 0) is 6.18 Å². The normalized spacial score (nSPS) is 16.3. The van der Waals surface area contributed by atoms with E-state index in [4.69, 9.17) is 4.74 Å². The van der Waals surface area contributed by atoms with Crippen LogP contribution in [0.15, 0.2) is 66.9 Å². The second-order valence-electron chi connectivity index (χ2n) is 7.60. The maximum Gasteiger partial charge on any atom is 0.433 e. The van der Waals surface area contributed by atoms with E-state index in [1.165, 1.54) is 0 Å². The van der Waals surface area contributed by atoms with Gasteiger partial charge >= 0.3 is 12.2 Å². The van der Waals surface area contributed by atoms with Gasteiger partial charge in [-0.15, -0.1) is 0 Å². The predicted molar refractivity (Wildman–Crippen MR) is 113 cm³/mol. The highest BCUT2D eigenvalue weighted by molar-refractivity contribution is 6.15. The first-order valence-electron chi connectivity index (χ1n) is 10.4. The molecule has 33 heavy (non-hydrogen) atoms. The van der Waals surface area contributed by atoms with Gasteiger partial charge in [-0.25, -0.2) is 4.98 Å². The van der Waals surface area contributed by atoms with Gasteiger partial charge in [0, 0.05) is 23.9 Å². The molecule has 1 aromatic heterocycles. The van der Waals surface area contributed by atoms with Crippen molar-refractivity contribution in [2.45, 2.75) is 25.1 Å². The number of carbonyl (C=O) groups is 2. The van der Waals surface area contributed by atoms with Crippen molar-refractivity contribution in [2.75, 3.05) is 13.1 Å². The Hall–Kier alpha value is -3.75. The van der Waals surface area contributed by atoms with Crippen LogP contribution >= 0.6 is 0 Å². The van der Waals surface area contributed by atoms with E-state index in [1.54, 1.807) is 59.5 Å². The molecular formula is C24H20F3N3O3. The fourth-order valence-corrected chi connectivity index (χ4v) is 3.71. The summed E-state index contributed by atoms with van der Waals surface area (Å²) in [5.41, 5.74) is -0.0656. The van der Waals surface area contributed by atoms with Crippen LogP contribution in [0.5, 0.6) is 6.01 Å². The third-order valence-electron chi connectivity index (χ3n) is 5.30. The lowest BCUT2D eigenvalue weighted by molar-refractivity contribution is -0.141. The summed E-state index contributed by atoms with van der Waals surface area (Å²) in [6.07, 6.45) is -3.06. The van der Waals surface area contributed by atoms with Crippen LogP contribution in [0.2, 0.25) is 0 Å². The molecule has 1 amide bonds. The van der Waals surface area contributed by atoms with Gasteiger partial charge in [0.05, 0.1) is 12.1 Å². The Kier molecular flexibility index (Phi) is 6.39. The molecule has 0 radical (unpaired) electrons. The molecule has 1 unspecified atom stereocenters. The van der Waals surface area contributed by atoms with Crippen molar-refractivity contribution in [3.8, 4) is 6.01 Å². The fraction of sp³-hybridized carbons (Fsp3) is 0.250. The number of hydrogen-bond acceptors (Lipinski definition) is 5. The van der Waals surface area contributed by atoms with E-state index in [-0.39, 0.29) is 35.4 Å². The molecule has 0 aliphatic carbocycles. The van der Waals surface area contributed by atoms with Gasteiger partial charge in [-0.05, 0) is 25.0 Å². The Morgan fingerprint density at radius 2 is 1.67 bits per heavy atom. The number of piperidine rings is 1. The molecule has 1 fully saturated rings. The van der Waals surface area contributed by atoms with Crippen LogP contribution in [0.3, 0.4) is 0 Å². The van der Waals surface area contributed by atoms with Crippen molar-refractivity contribution < 1.29 is 27.5 Å². The van der Waals surface area contributed by atoms with Crippen LogP contribution < -0.4 is 4.74 Å². The Balaban J connectivity index is 1.51. The molecule has 0 N–H and O–H groups in total. The zero-order chi connectivity index (χ0) is 23.4. The molecule has 6 nitrogen and oxygen atoms in total. The second-order valence-corrected chi connectivity index (χ2v) is 7.60. The van der Waals surface area contributed by atoms with Crippen LogP contribution in [0.25, 0.3) is 0 Å². The summed E-state index contributed by atoms with van der Waals surface area (Å²) >= 11 is 0. The standard InChI is InChI=1S/C24H20F3N3O3/c25-24(26,27)20-12-13-28-23(29-20)33-17-9-6-14-30(15-17)22(32)19-11-5-4-10-18(19)21(31)16-7-2-1-3-8-16/h1-5,7-8,10-13,17H,6,9,14-15H2. The van der Waals surface area contributed by atoms with E-state index in [0.29, 0.717) is 24.9 Å². The van der Waals surface area contributed by atoms with Crippen molar-refractivity contribution in [3.05, 3.63) is 89.2 Å². The summed E-state index contributed by atoms with van der Waals surface area (Å²) in [6, 6.07) is 15.6. The van der Waals surface area contributed by atoms with Crippen molar-refractivity contribution in [1.82, 2.24) is 14.9 Å². The minimum atomic E-state index is -4.61. The van der Waals surface area contributed by atoms with Crippen LogP contribution in [-0.4, -0.2) is 45.8 Å². The van der Waals surface area contributed by atoms with E-state index in [9.17, 15) is 22.8 Å². The van der Waals surface area contributed by atoms with E-state index < -0.39 is 18.0 Å². The average molecular weight is 455 g/mol. The van der Waals surface area contributed by atoms with Gasteiger partial charge in [0.25, 0.3) is 5.91 Å².